The fourth-order valence-electron chi connectivity index (χ4n) is 3.01. The van der Waals surface area contributed by atoms with Crippen molar-refractivity contribution in [3.05, 3.63) is 63.6 Å². The van der Waals surface area contributed by atoms with Gasteiger partial charge in [-0.25, -0.2) is 0 Å². The molecule has 0 saturated heterocycles. The Morgan fingerprint density at radius 3 is 2.05 bits per heavy atom. The predicted octanol–water partition coefficient (Wildman–Crippen LogP) is 4.89. The summed E-state index contributed by atoms with van der Waals surface area (Å²) in [5, 5.41) is 19.1. The maximum Gasteiger partial charge on any atom is 0.277 e. The Bertz CT molecular complexity index is 1040. The molecule has 0 fully saturated rings. The first-order valence-corrected chi connectivity index (χ1v) is 6.39. The largest absolute Gasteiger partial charge is 0.277 e. The minimum atomic E-state index is -0.384. The smallest absolute Gasteiger partial charge is 0.258 e. The highest BCUT2D eigenvalue weighted by atomic mass is 16.6. The molecule has 0 aliphatic carbocycles. The number of nitro groups is 1. The maximum atomic E-state index is 11.2. The standard InChI is InChI=1S/C16H8N2O3/c19-17-13-7-3-9-1-2-10-4-8-14(18(20)21)12-6-5-11(13)15(9)16(10)12/h1-8H. The molecule has 0 aliphatic heterocycles. The first kappa shape index (κ1) is 11.7. The van der Waals surface area contributed by atoms with Crippen LogP contribution in [0.1, 0.15) is 0 Å². The third-order valence-electron chi connectivity index (χ3n) is 3.91. The first-order valence-electron chi connectivity index (χ1n) is 6.39. The molecule has 0 amide bonds. The average Bonchev–Trinajstić information content (AvgIpc) is 2.51. The second-order valence-corrected chi connectivity index (χ2v) is 4.94. The van der Waals surface area contributed by atoms with Gasteiger partial charge in [0, 0.05) is 16.8 Å². The van der Waals surface area contributed by atoms with Crippen molar-refractivity contribution >= 4 is 43.7 Å². The number of nitro benzene ring substituents is 1. The van der Waals surface area contributed by atoms with Crippen LogP contribution in [0.4, 0.5) is 11.4 Å². The van der Waals surface area contributed by atoms with Gasteiger partial charge in [-0.2, -0.15) is 0 Å². The van der Waals surface area contributed by atoms with Gasteiger partial charge in [-0.15, -0.1) is 4.91 Å². The molecule has 4 aromatic carbocycles. The van der Waals surface area contributed by atoms with Crippen molar-refractivity contribution in [1.82, 2.24) is 0 Å². The summed E-state index contributed by atoms with van der Waals surface area (Å²) in [5.41, 5.74) is 0.421. The molecule has 5 heteroatoms. The minimum Gasteiger partial charge on any atom is -0.258 e. The fourth-order valence-corrected chi connectivity index (χ4v) is 3.01. The quantitative estimate of drug-likeness (QED) is 0.226. The van der Waals surface area contributed by atoms with Crippen molar-refractivity contribution in [3.8, 4) is 0 Å². The van der Waals surface area contributed by atoms with Crippen molar-refractivity contribution in [3.63, 3.8) is 0 Å². The summed E-state index contributed by atoms with van der Waals surface area (Å²) in [4.78, 5) is 21.8. The Kier molecular flexibility index (Phi) is 2.21. The Balaban J connectivity index is 2.36. The molecule has 0 bridgehead atoms. The van der Waals surface area contributed by atoms with E-state index in [1.54, 1.807) is 24.3 Å². The van der Waals surface area contributed by atoms with Crippen molar-refractivity contribution in [2.45, 2.75) is 0 Å². The first-order chi connectivity index (χ1) is 10.2. The van der Waals surface area contributed by atoms with E-state index in [4.69, 9.17) is 0 Å². The zero-order valence-electron chi connectivity index (χ0n) is 10.7. The SMILES string of the molecule is O=Nc1ccc2ccc3ccc([N+](=O)[O-])c4ccc1c2c34. The molecule has 0 heterocycles. The Morgan fingerprint density at radius 1 is 0.810 bits per heavy atom. The molecule has 0 N–H and O–H groups in total. The summed E-state index contributed by atoms with van der Waals surface area (Å²) in [7, 11) is 0. The Hall–Kier alpha value is -3.08. The number of hydrogen-bond acceptors (Lipinski definition) is 4. The lowest BCUT2D eigenvalue weighted by atomic mass is 9.93. The number of nitrogens with zero attached hydrogens (tertiary/aromatic N) is 2. The van der Waals surface area contributed by atoms with E-state index in [0.29, 0.717) is 11.1 Å². The van der Waals surface area contributed by atoms with Crippen molar-refractivity contribution in [1.29, 1.82) is 0 Å². The third kappa shape index (κ3) is 1.45. The van der Waals surface area contributed by atoms with Gasteiger partial charge in [-0.3, -0.25) is 10.1 Å². The van der Waals surface area contributed by atoms with Gasteiger partial charge in [-0.05, 0) is 39.5 Å². The van der Waals surface area contributed by atoms with E-state index in [9.17, 15) is 15.0 Å². The van der Waals surface area contributed by atoms with E-state index in [0.717, 1.165) is 26.9 Å². The molecule has 4 rings (SSSR count). The van der Waals surface area contributed by atoms with Gasteiger partial charge in [0.1, 0.15) is 5.69 Å². The summed E-state index contributed by atoms with van der Waals surface area (Å²) in [6.45, 7) is 0. The molecule has 4 aromatic rings. The molecule has 21 heavy (non-hydrogen) atoms. The van der Waals surface area contributed by atoms with E-state index < -0.39 is 0 Å². The second kappa shape index (κ2) is 3.96. The molecule has 100 valence electrons. The molecule has 0 saturated carbocycles. The normalized spacial score (nSPS) is 11.4. The van der Waals surface area contributed by atoms with Gasteiger partial charge in [-0.1, -0.05) is 24.3 Å². The highest BCUT2D eigenvalue weighted by Gasteiger charge is 2.17. The highest BCUT2D eigenvalue weighted by Crippen LogP contribution is 2.41. The predicted molar refractivity (Wildman–Crippen MR) is 82.3 cm³/mol. The molecule has 0 radical (unpaired) electrons. The number of non-ortho nitro benzene ring substituents is 1. The van der Waals surface area contributed by atoms with Gasteiger partial charge < -0.3 is 0 Å². The van der Waals surface area contributed by atoms with E-state index >= 15 is 0 Å². The molecular weight excluding hydrogens is 268 g/mol. The second-order valence-electron chi connectivity index (χ2n) is 4.94. The van der Waals surface area contributed by atoms with Crippen molar-refractivity contribution in [2.24, 2.45) is 5.18 Å². The molecule has 0 aromatic heterocycles. The van der Waals surface area contributed by atoms with Crippen LogP contribution in [0.3, 0.4) is 0 Å². The van der Waals surface area contributed by atoms with E-state index in [2.05, 4.69) is 5.18 Å². The monoisotopic (exact) mass is 276 g/mol. The van der Waals surface area contributed by atoms with Crippen molar-refractivity contribution in [2.75, 3.05) is 0 Å². The fraction of sp³-hybridized carbons (Fsp3) is 0. The summed E-state index contributed by atoms with van der Waals surface area (Å²) < 4.78 is 0. The van der Waals surface area contributed by atoms with Crippen LogP contribution in [0, 0.1) is 15.0 Å². The Morgan fingerprint density at radius 2 is 1.38 bits per heavy atom. The molecule has 0 atom stereocenters. The molecule has 0 spiro atoms. The zero-order chi connectivity index (χ0) is 14.6. The van der Waals surface area contributed by atoms with Gasteiger partial charge in [0.25, 0.3) is 5.69 Å². The molecular formula is C16H8N2O3. The van der Waals surface area contributed by atoms with Gasteiger partial charge in [0.2, 0.25) is 0 Å². The van der Waals surface area contributed by atoms with Crippen LogP contribution in [0.15, 0.2) is 53.7 Å². The zero-order valence-corrected chi connectivity index (χ0v) is 10.7. The van der Waals surface area contributed by atoms with E-state index in [1.165, 1.54) is 6.07 Å². The summed E-state index contributed by atoms with van der Waals surface area (Å²) in [5.74, 6) is 0. The van der Waals surface area contributed by atoms with Gasteiger partial charge in [0.15, 0.2) is 0 Å². The van der Waals surface area contributed by atoms with Gasteiger partial charge >= 0.3 is 0 Å². The van der Waals surface area contributed by atoms with Gasteiger partial charge in [0.05, 0.1) is 10.3 Å². The van der Waals surface area contributed by atoms with Crippen LogP contribution >= 0.6 is 0 Å². The third-order valence-corrected chi connectivity index (χ3v) is 3.91. The number of rotatable bonds is 2. The lowest BCUT2D eigenvalue weighted by Crippen LogP contribution is -1.91. The number of hydrogen-bond donors (Lipinski definition) is 0. The lowest BCUT2D eigenvalue weighted by molar-refractivity contribution is -0.383. The van der Waals surface area contributed by atoms with E-state index in [-0.39, 0.29) is 10.6 Å². The van der Waals surface area contributed by atoms with Crippen LogP contribution in [-0.2, 0) is 0 Å². The van der Waals surface area contributed by atoms with E-state index in [1.807, 2.05) is 18.2 Å². The van der Waals surface area contributed by atoms with Crippen LogP contribution in [0.2, 0.25) is 0 Å². The van der Waals surface area contributed by atoms with Crippen LogP contribution < -0.4 is 0 Å². The average molecular weight is 276 g/mol. The lowest BCUT2D eigenvalue weighted by Gasteiger charge is -2.11. The topological polar surface area (TPSA) is 72.6 Å². The summed E-state index contributed by atoms with van der Waals surface area (Å²) in [6, 6.07) is 14.0. The molecule has 0 aliphatic rings. The maximum absolute atomic E-state index is 11.2. The summed E-state index contributed by atoms with van der Waals surface area (Å²) >= 11 is 0. The Labute approximate surface area is 118 Å². The number of benzene rings is 4. The van der Waals surface area contributed by atoms with Crippen LogP contribution in [-0.4, -0.2) is 4.92 Å². The summed E-state index contributed by atoms with van der Waals surface area (Å²) in [6.07, 6.45) is 0. The molecule has 5 nitrogen and oxygen atoms in total. The number of nitroso groups, excluding NO2 is 1. The van der Waals surface area contributed by atoms with Crippen molar-refractivity contribution < 1.29 is 4.92 Å². The van der Waals surface area contributed by atoms with Crippen LogP contribution in [0.5, 0.6) is 0 Å². The minimum absolute atomic E-state index is 0.0707. The highest BCUT2D eigenvalue weighted by molar-refractivity contribution is 6.26. The van der Waals surface area contributed by atoms with Crippen LogP contribution in [0.25, 0.3) is 32.3 Å². The molecule has 0 unspecified atom stereocenters.